The highest BCUT2D eigenvalue weighted by Gasteiger charge is 2.08. The molecule has 2 aromatic carbocycles. The molecule has 0 atom stereocenters. The Hall–Kier alpha value is -3.28. The van der Waals surface area contributed by atoms with Crippen LogP contribution in [0.3, 0.4) is 0 Å². The van der Waals surface area contributed by atoms with E-state index in [2.05, 4.69) is 52.6 Å². The molecule has 1 aromatic heterocycles. The molecular formula is C20H22N4O2. The fraction of sp³-hybridized carbons (Fsp3) is 0.200. The van der Waals surface area contributed by atoms with Crippen molar-refractivity contribution in [2.24, 2.45) is 0 Å². The average Bonchev–Trinajstić information content (AvgIpc) is 2.65. The largest absolute Gasteiger partial charge is 0.497 e. The van der Waals surface area contributed by atoms with Gasteiger partial charge in [-0.05, 0) is 43.2 Å². The maximum atomic E-state index is 5.41. The molecule has 2 N–H and O–H groups in total. The van der Waals surface area contributed by atoms with Crippen molar-refractivity contribution in [1.29, 1.82) is 0 Å². The van der Waals surface area contributed by atoms with Gasteiger partial charge in [0, 0.05) is 17.8 Å². The molecule has 0 aliphatic carbocycles. The van der Waals surface area contributed by atoms with Crippen LogP contribution in [0.5, 0.6) is 11.5 Å². The van der Waals surface area contributed by atoms with Gasteiger partial charge in [-0.15, -0.1) is 0 Å². The highest BCUT2D eigenvalue weighted by molar-refractivity contribution is 5.68. The zero-order valence-corrected chi connectivity index (χ0v) is 15.3. The van der Waals surface area contributed by atoms with Gasteiger partial charge in [0.15, 0.2) is 0 Å². The zero-order chi connectivity index (χ0) is 18.5. The van der Waals surface area contributed by atoms with E-state index in [9.17, 15) is 0 Å². The van der Waals surface area contributed by atoms with E-state index in [-0.39, 0.29) is 0 Å². The maximum Gasteiger partial charge on any atom is 0.146 e. The van der Waals surface area contributed by atoms with Gasteiger partial charge in [0.05, 0.1) is 19.9 Å². The monoisotopic (exact) mass is 350 g/mol. The molecule has 0 unspecified atom stereocenters. The Balaban J connectivity index is 1.83. The van der Waals surface area contributed by atoms with Gasteiger partial charge in [-0.3, -0.25) is 0 Å². The van der Waals surface area contributed by atoms with Crippen molar-refractivity contribution in [2.45, 2.75) is 13.8 Å². The smallest absolute Gasteiger partial charge is 0.146 e. The Labute approximate surface area is 153 Å². The number of nitrogens with zero attached hydrogens (tertiary/aromatic N) is 2. The van der Waals surface area contributed by atoms with Gasteiger partial charge < -0.3 is 20.1 Å². The van der Waals surface area contributed by atoms with Crippen LogP contribution in [0.2, 0.25) is 0 Å². The molecule has 0 saturated heterocycles. The van der Waals surface area contributed by atoms with Crippen LogP contribution >= 0.6 is 0 Å². The molecule has 0 radical (unpaired) electrons. The minimum absolute atomic E-state index is 0.663. The van der Waals surface area contributed by atoms with Gasteiger partial charge in [0.2, 0.25) is 0 Å². The fourth-order valence-corrected chi connectivity index (χ4v) is 2.54. The number of hydrogen-bond donors (Lipinski definition) is 2. The predicted molar refractivity (Wildman–Crippen MR) is 104 cm³/mol. The zero-order valence-electron chi connectivity index (χ0n) is 15.3. The number of hydrogen-bond acceptors (Lipinski definition) is 6. The molecule has 3 aromatic rings. The number of rotatable bonds is 6. The molecule has 0 aliphatic heterocycles. The van der Waals surface area contributed by atoms with E-state index in [0.717, 1.165) is 22.7 Å². The Morgan fingerprint density at radius 2 is 1.50 bits per heavy atom. The van der Waals surface area contributed by atoms with Gasteiger partial charge in [0.1, 0.15) is 29.5 Å². The second-order valence-electron chi connectivity index (χ2n) is 5.92. The summed E-state index contributed by atoms with van der Waals surface area (Å²) < 4.78 is 10.6. The van der Waals surface area contributed by atoms with Crippen LogP contribution in [-0.2, 0) is 0 Å². The third-order valence-electron chi connectivity index (χ3n) is 3.99. The Kier molecular flexibility index (Phi) is 5.22. The first-order valence-corrected chi connectivity index (χ1v) is 8.24. The lowest BCUT2D eigenvalue weighted by atomic mass is 10.1. The van der Waals surface area contributed by atoms with E-state index in [4.69, 9.17) is 9.47 Å². The molecule has 0 aliphatic rings. The first-order valence-electron chi connectivity index (χ1n) is 8.24. The average molecular weight is 350 g/mol. The molecule has 0 saturated carbocycles. The molecule has 0 bridgehead atoms. The van der Waals surface area contributed by atoms with E-state index >= 15 is 0 Å². The van der Waals surface area contributed by atoms with E-state index in [1.54, 1.807) is 14.2 Å². The number of benzene rings is 2. The van der Waals surface area contributed by atoms with Crippen molar-refractivity contribution >= 4 is 23.0 Å². The molecule has 6 heteroatoms. The summed E-state index contributed by atoms with van der Waals surface area (Å²) >= 11 is 0. The van der Waals surface area contributed by atoms with Crippen molar-refractivity contribution in [3.8, 4) is 11.5 Å². The van der Waals surface area contributed by atoms with Gasteiger partial charge >= 0.3 is 0 Å². The molecule has 6 nitrogen and oxygen atoms in total. The summed E-state index contributed by atoms with van der Waals surface area (Å²) in [5.41, 5.74) is 4.16. The lowest BCUT2D eigenvalue weighted by Gasteiger charge is -2.13. The second kappa shape index (κ2) is 7.74. The van der Waals surface area contributed by atoms with Gasteiger partial charge in [0.25, 0.3) is 0 Å². The van der Waals surface area contributed by atoms with Crippen molar-refractivity contribution in [1.82, 2.24) is 9.97 Å². The van der Waals surface area contributed by atoms with Crippen LogP contribution in [0.1, 0.15) is 11.1 Å². The first kappa shape index (κ1) is 17.5. The topological polar surface area (TPSA) is 68.3 Å². The van der Waals surface area contributed by atoms with E-state index in [0.29, 0.717) is 17.4 Å². The number of methoxy groups -OCH3 is 2. The standard InChI is InChI=1S/C20H22N4O2/c1-13-5-6-14(2)17(9-13)24-20-11-19(21-12-22-20)23-16-8-7-15(25-3)10-18(16)26-4/h5-12H,1-4H3,(H2,21,22,23,24). The number of ether oxygens (including phenoxy) is 2. The summed E-state index contributed by atoms with van der Waals surface area (Å²) in [7, 11) is 3.24. The van der Waals surface area contributed by atoms with Crippen molar-refractivity contribution in [2.75, 3.05) is 24.9 Å². The Morgan fingerprint density at radius 1 is 0.769 bits per heavy atom. The number of anilines is 4. The molecule has 26 heavy (non-hydrogen) atoms. The number of aromatic nitrogens is 2. The quantitative estimate of drug-likeness (QED) is 0.677. The van der Waals surface area contributed by atoms with Crippen LogP contribution in [0.25, 0.3) is 0 Å². The molecule has 134 valence electrons. The molecule has 3 rings (SSSR count). The summed E-state index contributed by atoms with van der Waals surface area (Å²) in [5, 5.41) is 6.60. The third kappa shape index (κ3) is 4.03. The summed E-state index contributed by atoms with van der Waals surface area (Å²) in [5.74, 6) is 2.78. The summed E-state index contributed by atoms with van der Waals surface area (Å²) in [6, 6.07) is 13.7. The van der Waals surface area contributed by atoms with E-state index in [1.807, 2.05) is 24.3 Å². The molecule has 0 spiro atoms. The molecule has 1 heterocycles. The maximum absolute atomic E-state index is 5.41. The molecule has 0 fully saturated rings. The highest BCUT2D eigenvalue weighted by atomic mass is 16.5. The lowest BCUT2D eigenvalue weighted by Crippen LogP contribution is -2.01. The summed E-state index contributed by atoms with van der Waals surface area (Å²) in [4.78, 5) is 8.59. The van der Waals surface area contributed by atoms with Crippen LogP contribution in [0, 0.1) is 13.8 Å². The minimum Gasteiger partial charge on any atom is -0.497 e. The minimum atomic E-state index is 0.663. The van der Waals surface area contributed by atoms with Crippen molar-refractivity contribution < 1.29 is 9.47 Å². The van der Waals surface area contributed by atoms with E-state index < -0.39 is 0 Å². The van der Waals surface area contributed by atoms with Gasteiger partial charge in [-0.2, -0.15) is 0 Å². The summed E-state index contributed by atoms with van der Waals surface area (Å²) in [6.07, 6.45) is 1.52. The number of aryl methyl sites for hydroxylation is 2. The normalized spacial score (nSPS) is 10.3. The Bertz CT molecular complexity index is 912. The first-order chi connectivity index (χ1) is 12.6. The summed E-state index contributed by atoms with van der Waals surface area (Å²) in [6.45, 7) is 4.12. The van der Waals surface area contributed by atoms with Gasteiger partial charge in [-0.25, -0.2) is 9.97 Å². The van der Waals surface area contributed by atoms with E-state index in [1.165, 1.54) is 11.9 Å². The van der Waals surface area contributed by atoms with Crippen molar-refractivity contribution in [3.63, 3.8) is 0 Å². The SMILES string of the molecule is COc1ccc(Nc2cc(Nc3cc(C)ccc3C)ncn2)c(OC)c1. The third-order valence-corrected chi connectivity index (χ3v) is 3.99. The number of nitrogens with one attached hydrogen (secondary N) is 2. The van der Waals surface area contributed by atoms with Crippen molar-refractivity contribution in [3.05, 3.63) is 59.9 Å². The van der Waals surface area contributed by atoms with Crippen LogP contribution in [0.4, 0.5) is 23.0 Å². The van der Waals surface area contributed by atoms with Crippen LogP contribution in [-0.4, -0.2) is 24.2 Å². The van der Waals surface area contributed by atoms with Crippen LogP contribution in [0.15, 0.2) is 48.8 Å². The van der Waals surface area contributed by atoms with Crippen LogP contribution < -0.4 is 20.1 Å². The Morgan fingerprint density at radius 3 is 2.19 bits per heavy atom. The second-order valence-corrected chi connectivity index (χ2v) is 5.92. The molecule has 0 amide bonds. The molecular weight excluding hydrogens is 328 g/mol. The lowest BCUT2D eigenvalue weighted by molar-refractivity contribution is 0.395. The predicted octanol–water partition coefficient (Wildman–Crippen LogP) is 4.60. The van der Waals surface area contributed by atoms with Gasteiger partial charge in [-0.1, -0.05) is 12.1 Å². The fourth-order valence-electron chi connectivity index (χ4n) is 2.54. The highest BCUT2D eigenvalue weighted by Crippen LogP contribution is 2.31.